The van der Waals surface area contributed by atoms with Gasteiger partial charge in [0.15, 0.2) is 0 Å². The van der Waals surface area contributed by atoms with Crippen LogP contribution in [0.2, 0.25) is 0 Å². The first-order chi connectivity index (χ1) is 3.72. The van der Waals surface area contributed by atoms with Crippen LogP contribution in [0.5, 0.6) is 0 Å². The number of nitrogens with one attached hydrogen (secondary N) is 2. The summed E-state index contributed by atoms with van der Waals surface area (Å²) in [5.41, 5.74) is 0.984. The molecule has 1 aliphatic carbocycles. The minimum Gasteiger partial charge on any atom is -0.304 e. The molecule has 1 fully saturated rings. The molecule has 1 aliphatic rings. The quantitative estimate of drug-likeness (QED) is 0.505. The van der Waals surface area contributed by atoms with Crippen molar-refractivity contribution in [3.05, 3.63) is 0 Å². The van der Waals surface area contributed by atoms with Crippen LogP contribution < -0.4 is 0 Å². The van der Waals surface area contributed by atoms with Gasteiger partial charge in [-0.15, -0.1) is 0 Å². The largest absolute Gasteiger partial charge is 0.304 e. The van der Waals surface area contributed by atoms with Crippen molar-refractivity contribution in [1.82, 2.24) is 0 Å². The lowest BCUT2D eigenvalue weighted by atomic mass is 10.2. The molecular weight excluding hydrogens is 100 g/mol. The predicted octanol–water partition coefficient (Wildman–Crippen LogP) is 1.46. The Balaban J connectivity index is 2.45. The predicted molar refractivity (Wildman–Crippen MR) is 33.9 cm³/mol. The molecule has 0 aliphatic heterocycles. The molecule has 1 rings (SSSR count). The van der Waals surface area contributed by atoms with E-state index in [1.807, 2.05) is 0 Å². The molecule has 0 aromatic carbocycles. The van der Waals surface area contributed by atoms with E-state index in [1.165, 1.54) is 0 Å². The topological polar surface area (TPSA) is 47.7 Å². The molecule has 2 nitrogen and oxygen atoms in total. The highest BCUT2D eigenvalue weighted by atomic mass is 14.6. The number of hydrogen-bond donors (Lipinski definition) is 2. The maximum Gasteiger partial charge on any atom is 0.0549 e. The Morgan fingerprint density at radius 3 is 2.00 bits per heavy atom. The van der Waals surface area contributed by atoms with E-state index < -0.39 is 0 Å². The van der Waals surface area contributed by atoms with Gasteiger partial charge in [-0.05, 0) is 19.8 Å². The van der Waals surface area contributed by atoms with Crippen molar-refractivity contribution in [2.45, 2.75) is 19.8 Å². The molecule has 0 saturated heterocycles. The molecule has 0 heterocycles. The SMILES string of the molecule is CC(=N)C(=N)C1CC1. The summed E-state index contributed by atoms with van der Waals surface area (Å²) in [6.45, 7) is 1.68. The highest BCUT2D eigenvalue weighted by molar-refractivity contribution is 6.40. The fraction of sp³-hybridized carbons (Fsp3) is 0.667. The summed E-state index contributed by atoms with van der Waals surface area (Å²) in [6.07, 6.45) is 2.27. The zero-order chi connectivity index (χ0) is 6.15. The summed E-state index contributed by atoms with van der Waals surface area (Å²) in [5, 5.41) is 14.3. The fourth-order valence-corrected chi connectivity index (χ4v) is 0.678. The summed E-state index contributed by atoms with van der Waals surface area (Å²) in [7, 11) is 0. The van der Waals surface area contributed by atoms with Gasteiger partial charge in [0.1, 0.15) is 0 Å². The lowest BCUT2D eigenvalue weighted by Crippen LogP contribution is -2.08. The van der Waals surface area contributed by atoms with Crippen molar-refractivity contribution in [2.24, 2.45) is 5.92 Å². The van der Waals surface area contributed by atoms with E-state index in [2.05, 4.69) is 0 Å². The summed E-state index contributed by atoms with van der Waals surface area (Å²) < 4.78 is 0. The third-order valence-electron chi connectivity index (χ3n) is 1.39. The first-order valence-corrected chi connectivity index (χ1v) is 2.86. The summed E-state index contributed by atoms with van der Waals surface area (Å²) in [6, 6.07) is 0. The van der Waals surface area contributed by atoms with Crippen LogP contribution in [0.15, 0.2) is 0 Å². The van der Waals surface area contributed by atoms with Crippen molar-refractivity contribution in [3.8, 4) is 0 Å². The van der Waals surface area contributed by atoms with Gasteiger partial charge in [-0.3, -0.25) is 0 Å². The highest BCUT2D eigenvalue weighted by Gasteiger charge is 2.26. The van der Waals surface area contributed by atoms with Gasteiger partial charge in [-0.25, -0.2) is 0 Å². The lowest BCUT2D eigenvalue weighted by molar-refractivity contribution is 1.18. The third-order valence-corrected chi connectivity index (χ3v) is 1.39. The Bertz CT molecular complexity index is 133. The van der Waals surface area contributed by atoms with E-state index >= 15 is 0 Å². The zero-order valence-corrected chi connectivity index (χ0v) is 4.99. The van der Waals surface area contributed by atoms with Gasteiger partial charge in [-0.2, -0.15) is 0 Å². The van der Waals surface area contributed by atoms with Crippen molar-refractivity contribution in [1.29, 1.82) is 10.8 Å². The molecule has 0 aromatic heterocycles. The Morgan fingerprint density at radius 2 is 1.88 bits per heavy atom. The first-order valence-electron chi connectivity index (χ1n) is 2.86. The average Bonchev–Trinajstić information content (AvgIpc) is 2.43. The van der Waals surface area contributed by atoms with E-state index in [-0.39, 0.29) is 0 Å². The Morgan fingerprint density at radius 1 is 1.38 bits per heavy atom. The fourth-order valence-electron chi connectivity index (χ4n) is 0.678. The zero-order valence-electron chi connectivity index (χ0n) is 4.99. The molecule has 0 unspecified atom stereocenters. The van der Waals surface area contributed by atoms with E-state index in [9.17, 15) is 0 Å². The summed E-state index contributed by atoms with van der Waals surface area (Å²) in [5.74, 6) is 0.451. The van der Waals surface area contributed by atoms with Crippen LogP contribution in [0.4, 0.5) is 0 Å². The average molecular weight is 110 g/mol. The van der Waals surface area contributed by atoms with Gasteiger partial charge < -0.3 is 10.8 Å². The van der Waals surface area contributed by atoms with Gasteiger partial charge in [-0.1, -0.05) is 0 Å². The number of rotatable bonds is 2. The molecule has 44 valence electrons. The van der Waals surface area contributed by atoms with Crippen molar-refractivity contribution in [3.63, 3.8) is 0 Å². The molecule has 0 atom stereocenters. The Hall–Kier alpha value is -0.660. The van der Waals surface area contributed by atoms with Gasteiger partial charge in [0.25, 0.3) is 0 Å². The molecule has 8 heavy (non-hydrogen) atoms. The van der Waals surface area contributed by atoms with Gasteiger partial charge in [0, 0.05) is 11.6 Å². The Labute approximate surface area is 48.9 Å². The van der Waals surface area contributed by atoms with Crippen LogP contribution in [0.25, 0.3) is 0 Å². The van der Waals surface area contributed by atoms with Crippen molar-refractivity contribution < 1.29 is 0 Å². The molecule has 2 heteroatoms. The Kier molecular flexibility index (Phi) is 1.16. The maximum atomic E-state index is 7.24. The van der Waals surface area contributed by atoms with Crippen molar-refractivity contribution in [2.75, 3.05) is 0 Å². The van der Waals surface area contributed by atoms with Crippen LogP contribution in [0.1, 0.15) is 19.8 Å². The molecule has 2 N–H and O–H groups in total. The molecule has 0 aromatic rings. The van der Waals surface area contributed by atoms with Crippen LogP contribution in [0, 0.1) is 16.7 Å². The van der Waals surface area contributed by atoms with Crippen LogP contribution in [-0.2, 0) is 0 Å². The van der Waals surface area contributed by atoms with Crippen LogP contribution in [-0.4, -0.2) is 11.4 Å². The minimum absolute atomic E-state index is 0.438. The summed E-state index contributed by atoms with van der Waals surface area (Å²) >= 11 is 0. The standard InChI is InChI=1S/C6H10N2/c1-4(7)6(8)5-2-3-5/h5,7-8H,2-3H2,1H3. The maximum absolute atomic E-state index is 7.24. The highest BCUT2D eigenvalue weighted by Crippen LogP contribution is 2.29. The molecular formula is C6H10N2. The van der Waals surface area contributed by atoms with E-state index in [4.69, 9.17) is 10.8 Å². The van der Waals surface area contributed by atoms with Gasteiger partial charge >= 0.3 is 0 Å². The van der Waals surface area contributed by atoms with Crippen LogP contribution >= 0.6 is 0 Å². The van der Waals surface area contributed by atoms with Crippen LogP contribution in [0.3, 0.4) is 0 Å². The van der Waals surface area contributed by atoms with Gasteiger partial charge in [0.2, 0.25) is 0 Å². The second-order valence-corrected chi connectivity index (χ2v) is 2.31. The number of hydrogen-bond acceptors (Lipinski definition) is 2. The molecule has 0 amide bonds. The molecule has 0 radical (unpaired) electrons. The van der Waals surface area contributed by atoms with E-state index in [0.29, 0.717) is 17.3 Å². The van der Waals surface area contributed by atoms with E-state index in [0.717, 1.165) is 12.8 Å². The molecule has 0 bridgehead atoms. The van der Waals surface area contributed by atoms with E-state index in [1.54, 1.807) is 6.92 Å². The third kappa shape index (κ3) is 0.941. The second kappa shape index (κ2) is 1.69. The molecule has 0 spiro atoms. The summed E-state index contributed by atoms with van der Waals surface area (Å²) in [4.78, 5) is 0. The minimum atomic E-state index is 0.438. The normalized spacial score (nSPS) is 18.1. The second-order valence-electron chi connectivity index (χ2n) is 2.31. The smallest absolute Gasteiger partial charge is 0.0549 e. The van der Waals surface area contributed by atoms with Gasteiger partial charge in [0.05, 0.1) is 5.71 Å². The van der Waals surface area contributed by atoms with Crippen molar-refractivity contribution >= 4 is 11.4 Å². The monoisotopic (exact) mass is 110 g/mol. The molecule has 1 saturated carbocycles. The first kappa shape index (κ1) is 5.48. The lowest BCUT2D eigenvalue weighted by Gasteiger charge is -1.93.